The van der Waals surface area contributed by atoms with Crippen LogP contribution in [0.5, 0.6) is 0 Å². The third kappa shape index (κ3) is 5.91. The molecule has 6 heterocycles. The summed E-state index contributed by atoms with van der Waals surface area (Å²) in [5.74, 6) is 0.749. The van der Waals surface area contributed by atoms with Crippen molar-refractivity contribution in [2.24, 2.45) is 5.92 Å². The number of likely N-dealkylation sites (tertiary alicyclic amines) is 1. The molecule has 4 aliphatic rings. The lowest BCUT2D eigenvalue weighted by molar-refractivity contribution is -0.128. The van der Waals surface area contributed by atoms with Gasteiger partial charge < -0.3 is 29.9 Å². The highest BCUT2D eigenvalue weighted by atomic mass is 19.1. The van der Waals surface area contributed by atoms with E-state index in [1.807, 2.05) is 15.6 Å². The topological polar surface area (TPSA) is 113 Å². The Morgan fingerprint density at radius 1 is 1.17 bits per heavy atom. The summed E-state index contributed by atoms with van der Waals surface area (Å²) in [6.45, 7) is 10.3. The van der Waals surface area contributed by atoms with E-state index in [4.69, 9.17) is 14.5 Å². The summed E-state index contributed by atoms with van der Waals surface area (Å²) >= 11 is 0. The molecule has 3 unspecified atom stereocenters. The summed E-state index contributed by atoms with van der Waals surface area (Å²) in [7, 11) is 0. The van der Waals surface area contributed by atoms with Gasteiger partial charge in [0.1, 0.15) is 17.7 Å². The average Bonchev–Trinajstić information content (AvgIpc) is 3.68. The van der Waals surface area contributed by atoms with Crippen LogP contribution in [0, 0.1) is 5.92 Å². The van der Waals surface area contributed by atoms with Crippen LogP contribution >= 0.6 is 0 Å². The SMILES string of the molecule is C=C(F)C(=O)N1CCC(OC(=O)N2C3CCC2CC(CNc2cc(NC4CCOCC4)nc4c(C(C)C)cnn24)C3)C1. The Morgan fingerprint density at radius 2 is 1.90 bits per heavy atom. The van der Waals surface area contributed by atoms with Crippen LogP contribution in [0.15, 0.2) is 24.7 Å². The van der Waals surface area contributed by atoms with Gasteiger partial charge in [-0.2, -0.15) is 9.61 Å². The molecule has 3 atom stereocenters. The van der Waals surface area contributed by atoms with Crippen LogP contribution in [0.3, 0.4) is 0 Å². The van der Waals surface area contributed by atoms with E-state index in [0.29, 0.717) is 30.8 Å². The molecular formula is C30H42FN7O4. The molecule has 4 aliphatic heterocycles. The van der Waals surface area contributed by atoms with E-state index in [2.05, 4.69) is 42.2 Å². The van der Waals surface area contributed by atoms with Gasteiger partial charge in [0.05, 0.1) is 12.7 Å². The average molecular weight is 584 g/mol. The van der Waals surface area contributed by atoms with Crippen LogP contribution in [0.4, 0.5) is 20.8 Å². The molecule has 2 N–H and O–H groups in total. The van der Waals surface area contributed by atoms with E-state index in [-0.39, 0.29) is 24.7 Å². The number of nitrogens with zero attached hydrogens (tertiary/aromatic N) is 5. The molecule has 2 amide bonds. The van der Waals surface area contributed by atoms with Gasteiger partial charge in [0.15, 0.2) is 11.5 Å². The number of anilines is 2. The van der Waals surface area contributed by atoms with Gasteiger partial charge in [0, 0.05) is 62.5 Å². The Hall–Kier alpha value is -3.41. The first-order chi connectivity index (χ1) is 20.3. The number of rotatable bonds is 8. The quantitative estimate of drug-likeness (QED) is 0.442. The zero-order chi connectivity index (χ0) is 29.4. The summed E-state index contributed by atoms with van der Waals surface area (Å²) in [5.41, 5.74) is 1.98. The van der Waals surface area contributed by atoms with Crippen LogP contribution in [-0.4, -0.2) is 93.5 Å². The van der Waals surface area contributed by atoms with Crippen LogP contribution in [0.25, 0.3) is 5.65 Å². The number of amides is 2. The molecule has 0 spiro atoms. The van der Waals surface area contributed by atoms with Crippen molar-refractivity contribution in [2.45, 2.75) is 88.9 Å². The molecule has 11 nitrogen and oxygen atoms in total. The molecule has 42 heavy (non-hydrogen) atoms. The second kappa shape index (κ2) is 12.1. The molecule has 6 rings (SSSR count). The molecule has 0 aromatic carbocycles. The van der Waals surface area contributed by atoms with Gasteiger partial charge in [0.25, 0.3) is 5.91 Å². The van der Waals surface area contributed by atoms with Gasteiger partial charge >= 0.3 is 6.09 Å². The maximum Gasteiger partial charge on any atom is 0.410 e. The number of aromatic nitrogens is 3. The number of nitrogens with one attached hydrogen (secondary N) is 2. The molecule has 0 aliphatic carbocycles. The van der Waals surface area contributed by atoms with Crippen molar-refractivity contribution >= 4 is 29.3 Å². The van der Waals surface area contributed by atoms with Crippen LogP contribution in [-0.2, 0) is 14.3 Å². The first-order valence-corrected chi connectivity index (χ1v) is 15.4. The monoisotopic (exact) mass is 583 g/mol. The highest BCUT2D eigenvalue weighted by Gasteiger charge is 2.45. The Kier molecular flexibility index (Phi) is 8.24. The van der Waals surface area contributed by atoms with Crippen molar-refractivity contribution in [3.8, 4) is 0 Å². The summed E-state index contributed by atoms with van der Waals surface area (Å²) in [6.07, 6.45) is 7.33. The van der Waals surface area contributed by atoms with E-state index in [0.717, 1.165) is 81.1 Å². The van der Waals surface area contributed by atoms with E-state index in [1.54, 1.807) is 0 Å². The highest BCUT2D eigenvalue weighted by molar-refractivity contribution is 5.90. The van der Waals surface area contributed by atoms with Crippen molar-refractivity contribution in [1.82, 2.24) is 24.4 Å². The second-order valence-corrected chi connectivity index (χ2v) is 12.5. The molecule has 4 saturated heterocycles. The molecule has 2 aromatic rings. The number of carbonyl (C=O) groups is 2. The summed E-state index contributed by atoms with van der Waals surface area (Å²) in [6, 6.07) is 2.65. The molecular weight excluding hydrogens is 541 g/mol. The fourth-order valence-electron chi connectivity index (χ4n) is 7.03. The van der Waals surface area contributed by atoms with E-state index < -0.39 is 17.8 Å². The maximum atomic E-state index is 13.2. The zero-order valence-electron chi connectivity index (χ0n) is 24.6. The predicted octanol–water partition coefficient (Wildman–Crippen LogP) is 4.32. The Balaban J connectivity index is 1.09. The van der Waals surface area contributed by atoms with Crippen molar-refractivity contribution in [1.29, 1.82) is 0 Å². The zero-order valence-corrected chi connectivity index (χ0v) is 24.6. The number of hydrogen-bond acceptors (Lipinski definition) is 8. The molecule has 0 radical (unpaired) electrons. The van der Waals surface area contributed by atoms with Crippen molar-refractivity contribution < 1.29 is 23.5 Å². The maximum absolute atomic E-state index is 13.2. The standard InChI is InChI=1S/C30H42FN7O4/c1-18(2)25-16-33-38-27(14-26(35-28(25)38)34-21-7-10-41-11-8-21)32-15-20-12-22-4-5-23(13-20)37(22)30(40)42-24-6-9-36(17-24)29(39)19(3)31/h14,16,18,20-24,32H,3-13,15,17H2,1-2H3,(H,34,35). The minimum Gasteiger partial charge on any atom is -0.444 e. The third-order valence-electron chi connectivity index (χ3n) is 9.24. The summed E-state index contributed by atoms with van der Waals surface area (Å²) in [5, 5.41) is 12.0. The Morgan fingerprint density at radius 3 is 2.60 bits per heavy atom. The van der Waals surface area contributed by atoms with Crippen molar-refractivity contribution in [2.75, 3.05) is 43.5 Å². The normalized spacial score (nSPS) is 26.2. The van der Waals surface area contributed by atoms with Crippen LogP contribution in [0.1, 0.15) is 70.3 Å². The number of carbonyl (C=O) groups excluding carboxylic acids is 2. The number of halogens is 1. The lowest BCUT2D eigenvalue weighted by atomic mass is 9.91. The number of hydrogen-bond donors (Lipinski definition) is 2. The number of ether oxygens (including phenoxy) is 2. The summed E-state index contributed by atoms with van der Waals surface area (Å²) < 4.78 is 26.5. The molecule has 2 bridgehead atoms. The number of piperidine rings is 1. The molecule has 0 saturated carbocycles. The molecule has 228 valence electrons. The lowest BCUT2D eigenvalue weighted by Gasteiger charge is -2.38. The van der Waals surface area contributed by atoms with Gasteiger partial charge in [-0.05, 0) is 50.4 Å². The first-order valence-electron chi connectivity index (χ1n) is 15.4. The minimum absolute atomic E-state index is 0.133. The van der Waals surface area contributed by atoms with Gasteiger partial charge in [-0.1, -0.05) is 20.4 Å². The fraction of sp³-hybridized carbons (Fsp3) is 0.667. The molecule has 4 fully saturated rings. The van der Waals surface area contributed by atoms with E-state index in [9.17, 15) is 14.0 Å². The van der Waals surface area contributed by atoms with Crippen LogP contribution in [0.2, 0.25) is 0 Å². The summed E-state index contributed by atoms with van der Waals surface area (Å²) in [4.78, 5) is 33.3. The van der Waals surface area contributed by atoms with Crippen molar-refractivity contribution in [3.63, 3.8) is 0 Å². The third-order valence-corrected chi connectivity index (χ3v) is 9.24. The van der Waals surface area contributed by atoms with E-state index >= 15 is 0 Å². The van der Waals surface area contributed by atoms with E-state index in [1.165, 1.54) is 4.90 Å². The fourth-order valence-corrected chi connectivity index (χ4v) is 7.03. The van der Waals surface area contributed by atoms with Gasteiger partial charge in [-0.15, -0.1) is 0 Å². The smallest absolute Gasteiger partial charge is 0.410 e. The van der Waals surface area contributed by atoms with Crippen LogP contribution < -0.4 is 10.6 Å². The first kappa shape index (κ1) is 28.7. The Bertz CT molecular complexity index is 1310. The molecule has 12 heteroatoms. The van der Waals surface area contributed by atoms with Gasteiger partial charge in [-0.3, -0.25) is 4.79 Å². The lowest BCUT2D eigenvalue weighted by Crippen LogP contribution is -2.48. The minimum atomic E-state index is -0.983. The second-order valence-electron chi connectivity index (χ2n) is 12.5. The van der Waals surface area contributed by atoms with Gasteiger partial charge in [-0.25, -0.2) is 14.2 Å². The highest BCUT2D eigenvalue weighted by Crippen LogP contribution is 2.39. The molecule has 2 aromatic heterocycles. The predicted molar refractivity (Wildman–Crippen MR) is 156 cm³/mol. The largest absolute Gasteiger partial charge is 0.444 e. The number of fused-ring (bicyclic) bond motifs is 3. The Labute approximate surface area is 245 Å². The van der Waals surface area contributed by atoms with Crippen molar-refractivity contribution in [3.05, 3.63) is 30.2 Å². The van der Waals surface area contributed by atoms with Gasteiger partial charge in [0.2, 0.25) is 0 Å².